The van der Waals surface area contributed by atoms with E-state index in [-0.39, 0.29) is 36.3 Å². The molecule has 0 saturated carbocycles. The van der Waals surface area contributed by atoms with E-state index in [0.29, 0.717) is 49.5 Å². The van der Waals surface area contributed by atoms with Crippen molar-refractivity contribution >= 4 is 47.0 Å². The number of benzene rings is 3. The van der Waals surface area contributed by atoms with Crippen LogP contribution in [0.1, 0.15) is 111 Å². The first kappa shape index (κ1) is 45.6. The highest BCUT2D eigenvalue weighted by atomic mass is 16.6. The van der Waals surface area contributed by atoms with Crippen molar-refractivity contribution in [3.8, 4) is 0 Å². The van der Waals surface area contributed by atoms with Crippen molar-refractivity contribution < 1.29 is 23.9 Å². The number of amides is 4. The summed E-state index contributed by atoms with van der Waals surface area (Å²) in [6.45, 7) is 17.2. The molecule has 1 heterocycles. The Kier molecular flexibility index (Phi) is 16.1. The lowest BCUT2D eigenvalue weighted by Gasteiger charge is -2.27. The van der Waals surface area contributed by atoms with Gasteiger partial charge in [-0.2, -0.15) is 0 Å². The van der Waals surface area contributed by atoms with Crippen LogP contribution in [0.25, 0.3) is 5.57 Å². The molecular formula is C48H65N7O5. The number of ether oxygens (including phenoxy) is 1. The molecule has 1 saturated heterocycles. The molecule has 1 fully saturated rings. The van der Waals surface area contributed by atoms with E-state index in [0.717, 1.165) is 67.7 Å². The van der Waals surface area contributed by atoms with Crippen LogP contribution in [0.15, 0.2) is 72.8 Å². The Hall–Kier alpha value is -5.49. The van der Waals surface area contributed by atoms with Gasteiger partial charge in [0.2, 0.25) is 5.91 Å². The van der Waals surface area contributed by atoms with E-state index in [1.165, 1.54) is 11.8 Å². The highest BCUT2D eigenvalue weighted by molar-refractivity contribution is 6.07. The SMILES string of the molecule is CCN(CC)c1ccc(NC(=O)c2cccc(C(=O)N(C)CCN3CCCN(C(=O)OC(C)(C)C)CC3)c2)c(/C(C)=C/C(CC=N)C(=O)N[C@H]2CCCc3ccccc32)c1. The maximum absolute atomic E-state index is 13.9. The molecule has 1 unspecified atom stereocenters. The molecule has 0 aromatic heterocycles. The molecule has 3 N–H and O–H groups in total. The summed E-state index contributed by atoms with van der Waals surface area (Å²) in [4.78, 5) is 61.9. The van der Waals surface area contributed by atoms with Gasteiger partial charge in [-0.25, -0.2) is 4.79 Å². The van der Waals surface area contributed by atoms with Crippen LogP contribution in [-0.4, -0.2) is 110 Å². The van der Waals surface area contributed by atoms with Gasteiger partial charge in [-0.15, -0.1) is 0 Å². The average molecular weight is 820 g/mol. The number of hydrogen-bond donors (Lipinski definition) is 3. The molecule has 0 spiro atoms. The second-order valence-corrected chi connectivity index (χ2v) is 16.9. The fraction of sp³-hybridized carbons (Fsp3) is 0.479. The minimum Gasteiger partial charge on any atom is -0.444 e. The lowest BCUT2D eigenvalue weighted by Crippen LogP contribution is -2.40. The predicted octanol–water partition coefficient (Wildman–Crippen LogP) is 8.05. The highest BCUT2D eigenvalue weighted by Gasteiger charge is 2.27. The Morgan fingerprint density at radius 3 is 2.42 bits per heavy atom. The quantitative estimate of drug-likeness (QED) is 0.132. The summed E-state index contributed by atoms with van der Waals surface area (Å²) in [6.07, 6.45) is 6.81. The third kappa shape index (κ3) is 12.3. The summed E-state index contributed by atoms with van der Waals surface area (Å²) in [5.74, 6) is -1.26. The Morgan fingerprint density at radius 1 is 0.933 bits per heavy atom. The molecule has 1 aliphatic carbocycles. The van der Waals surface area contributed by atoms with Gasteiger partial charge < -0.3 is 35.5 Å². The fourth-order valence-corrected chi connectivity index (χ4v) is 8.01. The van der Waals surface area contributed by atoms with E-state index in [1.807, 2.05) is 64.1 Å². The maximum Gasteiger partial charge on any atom is 0.410 e. The van der Waals surface area contributed by atoms with E-state index >= 15 is 0 Å². The number of allylic oxidation sites excluding steroid dienone is 1. The number of anilines is 2. The van der Waals surface area contributed by atoms with E-state index < -0.39 is 11.5 Å². The van der Waals surface area contributed by atoms with Crippen LogP contribution in [0.2, 0.25) is 0 Å². The Labute approximate surface area is 356 Å². The number of rotatable bonds is 15. The molecule has 5 rings (SSSR count). The smallest absolute Gasteiger partial charge is 0.410 e. The summed E-state index contributed by atoms with van der Waals surface area (Å²) in [6, 6.07) is 20.9. The van der Waals surface area contributed by atoms with E-state index in [4.69, 9.17) is 10.1 Å². The lowest BCUT2D eigenvalue weighted by atomic mass is 9.87. The minimum atomic E-state index is -0.580. The predicted molar refractivity (Wildman–Crippen MR) is 241 cm³/mol. The van der Waals surface area contributed by atoms with Gasteiger partial charge in [0, 0.05) is 80.9 Å². The van der Waals surface area contributed by atoms with Crippen LogP contribution in [-0.2, 0) is 16.0 Å². The van der Waals surface area contributed by atoms with Crippen molar-refractivity contribution in [3.63, 3.8) is 0 Å². The number of carbonyl (C=O) groups excluding carboxylic acids is 4. The largest absolute Gasteiger partial charge is 0.444 e. The standard InChI is InChI=1S/C48H65N7O5/c1-8-54(9-2)39-21-22-43(41(33-39)34(3)31-37(23-24-49)45(57)50-42-20-13-16-35-15-10-11-19-40(35)42)51-44(56)36-17-12-18-38(32-36)46(58)52(7)27-28-53-25-14-26-55(30-29-53)47(59)60-48(4,5)6/h10-12,15,17-19,21-22,24,31-33,37,42,49H,8-9,13-14,16,20,23,25-30H2,1-7H3,(H,50,57)(H,51,56)/b34-31+,49-24?/t37?,42-/m0/s1. The second-order valence-electron chi connectivity index (χ2n) is 16.9. The number of carbonyl (C=O) groups is 4. The first-order valence-corrected chi connectivity index (χ1v) is 21.5. The van der Waals surface area contributed by atoms with Crippen LogP contribution in [0, 0.1) is 11.3 Å². The number of likely N-dealkylation sites (N-methyl/N-ethyl adjacent to an activating group) is 1. The van der Waals surface area contributed by atoms with Gasteiger partial charge in [0.15, 0.2) is 0 Å². The lowest BCUT2D eigenvalue weighted by molar-refractivity contribution is -0.124. The summed E-state index contributed by atoms with van der Waals surface area (Å²) >= 11 is 0. The molecule has 322 valence electrons. The first-order chi connectivity index (χ1) is 28.7. The van der Waals surface area contributed by atoms with Crippen molar-refractivity contribution in [2.75, 3.05) is 69.6 Å². The second kappa shape index (κ2) is 21.2. The van der Waals surface area contributed by atoms with Crippen molar-refractivity contribution in [1.29, 1.82) is 5.41 Å². The molecule has 12 nitrogen and oxygen atoms in total. The van der Waals surface area contributed by atoms with Gasteiger partial charge >= 0.3 is 6.09 Å². The Bertz CT molecular complexity index is 2020. The van der Waals surface area contributed by atoms with Crippen molar-refractivity contribution in [2.45, 2.75) is 85.3 Å². The summed E-state index contributed by atoms with van der Waals surface area (Å²) < 4.78 is 5.57. The Balaban J connectivity index is 1.29. The highest BCUT2D eigenvalue weighted by Crippen LogP contribution is 2.33. The molecule has 0 radical (unpaired) electrons. The third-order valence-electron chi connectivity index (χ3n) is 11.4. The summed E-state index contributed by atoms with van der Waals surface area (Å²) in [5, 5.41) is 14.3. The molecule has 4 amide bonds. The van der Waals surface area contributed by atoms with Gasteiger partial charge in [0.25, 0.3) is 11.8 Å². The number of hydrogen-bond acceptors (Lipinski definition) is 8. The topological polar surface area (TPSA) is 138 Å². The zero-order chi connectivity index (χ0) is 43.4. The van der Waals surface area contributed by atoms with Crippen molar-refractivity contribution in [1.82, 2.24) is 20.0 Å². The molecular weight excluding hydrogens is 755 g/mol. The number of nitrogens with zero attached hydrogens (tertiary/aromatic N) is 4. The van der Waals surface area contributed by atoms with Crippen molar-refractivity contribution in [3.05, 3.63) is 101 Å². The summed E-state index contributed by atoms with van der Waals surface area (Å²) in [5.41, 5.74) is 5.77. The molecule has 2 atom stereocenters. The van der Waals surface area contributed by atoms with E-state index in [1.54, 1.807) is 41.1 Å². The van der Waals surface area contributed by atoms with Gasteiger partial charge in [-0.3, -0.25) is 19.3 Å². The molecule has 3 aromatic rings. The molecule has 1 aliphatic heterocycles. The molecule has 12 heteroatoms. The van der Waals surface area contributed by atoms with E-state index in [9.17, 15) is 19.2 Å². The maximum atomic E-state index is 13.9. The fourth-order valence-electron chi connectivity index (χ4n) is 8.01. The van der Waals surface area contributed by atoms with E-state index in [2.05, 4.69) is 46.4 Å². The normalized spacial score (nSPS) is 16.5. The van der Waals surface area contributed by atoms with Gasteiger partial charge in [-0.05, 0) is 140 Å². The average Bonchev–Trinajstić information content (AvgIpc) is 3.49. The zero-order valence-corrected chi connectivity index (χ0v) is 36.7. The number of fused-ring (bicyclic) bond motifs is 1. The Morgan fingerprint density at radius 2 is 1.68 bits per heavy atom. The van der Waals surface area contributed by atoms with Crippen LogP contribution in [0.3, 0.4) is 0 Å². The first-order valence-electron chi connectivity index (χ1n) is 21.5. The minimum absolute atomic E-state index is 0.0781. The molecule has 0 bridgehead atoms. The van der Waals surface area contributed by atoms with Gasteiger partial charge in [0.05, 0.1) is 12.0 Å². The van der Waals surface area contributed by atoms with Gasteiger partial charge in [0.1, 0.15) is 5.60 Å². The van der Waals surface area contributed by atoms with Crippen LogP contribution in [0.4, 0.5) is 16.2 Å². The van der Waals surface area contributed by atoms with Crippen LogP contribution >= 0.6 is 0 Å². The molecule has 3 aromatic carbocycles. The number of aryl methyl sites for hydroxylation is 1. The van der Waals surface area contributed by atoms with Gasteiger partial charge in [-0.1, -0.05) is 36.4 Å². The zero-order valence-electron chi connectivity index (χ0n) is 36.7. The van der Waals surface area contributed by atoms with Crippen LogP contribution in [0.5, 0.6) is 0 Å². The third-order valence-corrected chi connectivity index (χ3v) is 11.4. The summed E-state index contributed by atoms with van der Waals surface area (Å²) in [7, 11) is 1.76. The number of nitrogens with one attached hydrogen (secondary N) is 3. The van der Waals surface area contributed by atoms with Crippen LogP contribution < -0.4 is 15.5 Å². The molecule has 60 heavy (non-hydrogen) atoms. The molecule has 2 aliphatic rings. The monoisotopic (exact) mass is 820 g/mol. The van der Waals surface area contributed by atoms with Crippen molar-refractivity contribution in [2.24, 2.45) is 5.92 Å².